The highest BCUT2D eigenvalue weighted by atomic mass is 32.2. The van der Waals surface area contributed by atoms with E-state index in [0.29, 0.717) is 22.0 Å². The standard InChI is InChI=1S/C19H21NO5S/c1-13-8-5-6-11-16(13)26(22,23)20(4)18(21)24-15-10-7-9-14-12-19(2,3)25-17(14)15/h5-11H,12H2,1-4H3. The summed E-state index contributed by atoms with van der Waals surface area (Å²) in [6.45, 7) is 5.55. The Morgan fingerprint density at radius 3 is 2.54 bits per heavy atom. The molecule has 0 saturated carbocycles. The van der Waals surface area contributed by atoms with Crippen LogP contribution in [0.2, 0.25) is 0 Å². The van der Waals surface area contributed by atoms with Crippen molar-refractivity contribution < 1.29 is 22.7 Å². The van der Waals surface area contributed by atoms with E-state index in [1.807, 2.05) is 19.9 Å². The zero-order valence-electron chi connectivity index (χ0n) is 15.1. The predicted molar refractivity (Wildman–Crippen MR) is 97.0 cm³/mol. The van der Waals surface area contributed by atoms with Gasteiger partial charge in [0.1, 0.15) is 5.60 Å². The molecule has 0 aliphatic carbocycles. The molecule has 1 aliphatic rings. The number of aryl methyl sites for hydroxylation is 1. The van der Waals surface area contributed by atoms with Crippen molar-refractivity contribution in [1.29, 1.82) is 0 Å². The van der Waals surface area contributed by atoms with Gasteiger partial charge in [-0.15, -0.1) is 0 Å². The number of rotatable bonds is 3. The average molecular weight is 375 g/mol. The maximum Gasteiger partial charge on any atom is 0.429 e. The Bertz CT molecular complexity index is 966. The number of carbonyl (C=O) groups excluding carboxylic acids is 1. The van der Waals surface area contributed by atoms with Crippen LogP contribution in [0.3, 0.4) is 0 Å². The van der Waals surface area contributed by atoms with Crippen molar-refractivity contribution in [3.8, 4) is 11.5 Å². The summed E-state index contributed by atoms with van der Waals surface area (Å²) in [5.74, 6) is 0.692. The molecule has 2 aromatic rings. The van der Waals surface area contributed by atoms with Crippen LogP contribution in [-0.4, -0.2) is 31.5 Å². The third-order valence-corrected chi connectivity index (χ3v) is 6.13. The molecule has 6 nitrogen and oxygen atoms in total. The topological polar surface area (TPSA) is 72.9 Å². The molecular formula is C19H21NO5S. The van der Waals surface area contributed by atoms with Crippen LogP contribution in [0.25, 0.3) is 0 Å². The molecule has 3 rings (SSSR count). The van der Waals surface area contributed by atoms with Crippen LogP contribution in [0.4, 0.5) is 4.79 Å². The smallest absolute Gasteiger partial charge is 0.429 e. The summed E-state index contributed by atoms with van der Waals surface area (Å²) in [6.07, 6.45) is -0.305. The number of carbonyl (C=O) groups is 1. The van der Waals surface area contributed by atoms with Gasteiger partial charge in [-0.05, 0) is 38.5 Å². The Labute approximate surface area is 153 Å². The number of benzene rings is 2. The van der Waals surface area contributed by atoms with Gasteiger partial charge >= 0.3 is 6.09 Å². The van der Waals surface area contributed by atoms with Gasteiger partial charge in [0.05, 0.1) is 4.90 Å². The van der Waals surface area contributed by atoms with Crippen LogP contribution in [0.1, 0.15) is 25.0 Å². The maximum atomic E-state index is 12.7. The quantitative estimate of drug-likeness (QED) is 0.821. The first-order chi connectivity index (χ1) is 12.1. The molecule has 0 aromatic heterocycles. The maximum absolute atomic E-state index is 12.7. The van der Waals surface area contributed by atoms with Crippen LogP contribution in [-0.2, 0) is 16.4 Å². The third kappa shape index (κ3) is 3.26. The zero-order chi connectivity index (χ0) is 19.1. The molecule has 0 radical (unpaired) electrons. The number of sulfonamides is 1. The predicted octanol–water partition coefficient (Wildman–Crippen LogP) is 3.53. The third-order valence-electron chi connectivity index (χ3n) is 4.24. The van der Waals surface area contributed by atoms with Crippen molar-refractivity contribution >= 4 is 16.1 Å². The van der Waals surface area contributed by atoms with Gasteiger partial charge in [-0.25, -0.2) is 17.5 Å². The molecule has 0 fully saturated rings. The summed E-state index contributed by atoms with van der Waals surface area (Å²) in [7, 11) is -2.83. The largest absolute Gasteiger partial charge is 0.483 e. The van der Waals surface area contributed by atoms with Crippen molar-refractivity contribution in [1.82, 2.24) is 4.31 Å². The fourth-order valence-electron chi connectivity index (χ4n) is 2.92. The van der Waals surface area contributed by atoms with E-state index in [1.54, 1.807) is 37.3 Å². The number of ether oxygens (including phenoxy) is 2. The second-order valence-electron chi connectivity index (χ2n) is 6.89. The molecule has 1 heterocycles. The first kappa shape index (κ1) is 18.3. The Balaban J connectivity index is 1.86. The van der Waals surface area contributed by atoms with Gasteiger partial charge in [0, 0.05) is 19.0 Å². The summed E-state index contributed by atoms with van der Waals surface area (Å²) in [5, 5.41) is 0. The lowest BCUT2D eigenvalue weighted by molar-refractivity contribution is 0.131. The Kier molecular flexibility index (Phi) is 4.44. The molecule has 2 aromatic carbocycles. The normalized spacial score (nSPS) is 15.1. The molecule has 0 saturated heterocycles. The molecule has 0 atom stereocenters. The van der Waals surface area contributed by atoms with Gasteiger partial charge in [-0.3, -0.25) is 0 Å². The monoisotopic (exact) mass is 375 g/mol. The fourth-order valence-corrected chi connectivity index (χ4v) is 4.17. The molecule has 0 N–H and O–H groups in total. The number of fused-ring (bicyclic) bond motifs is 1. The van der Waals surface area contributed by atoms with Gasteiger partial charge in [0.15, 0.2) is 11.5 Å². The number of para-hydroxylation sites is 1. The highest BCUT2D eigenvalue weighted by molar-refractivity contribution is 7.89. The second-order valence-corrected chi connectivity index (χ2v) is 8.83. The molecule has 0 spiro atoms. The highest BCUT2D eigenvalue weighted by Gasteiger charge is 2.34. The number of hydrogen-bond donors (Lipinski definition) is 0. The summed E-state index contributed by atoms with van der Waals surface area (Å²) in [5.41, 5.74) is 1.08. The molecule has 138 valence electrons. The lowest BCUT2D eigenvalue weighted by Crippen LogP contribution is -2.35. The van der Waals surface area contributed by atoms with E-state index in [9.17, 15) is 13.2 Å². The van der Waals surface area contributed by atoms with Crippen LogP contribution in [0.5, 0.6) is 11.5 Å². The number of hydrogen-bond acceptors (Lipinski definition) is 5. The van der Waals surface area contributed by atoms with Crippen molar-refractivity contribution in [2.45, 2.75) is 37.7 Å². The van der Waals surface area contributed by atoms with Gasteiger partial charge in [-0.2, -0.15) is 0 Å². The first-order valence-corrected chi connectivity index (χ1v) is 9.63. The van der Waals surface area contributed by atoms with Crippen LogP contribution < -0.4 is 9.47 Å². The number of nitrogens with zero attached hydrogens (tertiary/aromatic N) is 1. The van der Waals surface area contributed by atoms with Crippen LogP contribution in [0.15, 0.2) is 47.4 Å². The first-order valence-electron chi connectivity index (χ1n) is 8.19. The average Bonchev–Trinajstić information content (AvgIpc) is 2.89. The Morgan fingerprint density at radius 2 is 1.85 bits per heavy atom. The Hall–Kier alpha value is -2.54. The minimum absolute atomic E-state index is 0.0649. The second kappa shape index (κ2) is 6.32. The van der Waals surface area contributed by atoms with E-state index in [-0.39, 0.29) is 10.6 Å². The molecule has 26 heavy (non-hydrogen) atoms. The molecular weight excluding hydrogens is 354 g/mol. The zero-order valence-corrected chi connectivity index (χ0v) is 16.0. The molecule has 1 amide bonds. The number of amides is 1. The van der Waals surface area contributed by atoms with Gasteiger partial charge in [-0.1, -0.05) is 30.3 Å². The lowest BCUT2D eigenvalue weighted by Gasteiger charge is -2.20. The molecule has 1 aliphatic heterocycles. The van der Waals surface area contributed by atoms with Gasteiger partial charge < -0.3 is 9.47 Å². The van der Waals surface area contributed by atoms with Crippen molar-refractivity contribution in [2.24, 2.45) is 0 Å². The summed E-state index contributed by atoms with van der Waals surface area (Å²) >= 11 is 0. The Morgan fingerprint density at radius 1 is 1.15 bits per heavy atom. The fraction of sp³-hybridized carbons (Fsp3) is 0.316. The highest BCUT2D eigenvalue weighted by Crippen LogP contribution is 2.42. The molecule has 0 bridgehead atoms. The van der Waals surface area contributed by atoms with E-state index in [1.165, 1.54) is 13.1 Å². The van der Waals surface area contributed by atoms with Crippen molar-refractivity contribution in [3.63, 3.8) is 0 Å². The van der Waals surface area contributed by atoms with E-state index < -0.39 is 21.7 Å². The summed E-state index contributed by atoms with van der Waals surface area (Å²) in [6, 6.07) is 11.7. The van der Waals surface area contributed by atoms with E-state index in [2.05, 4.69) is 0 Å². The van der Waals surface area contributed by atoms with E-state index in [0.717, 1.165) is 5.56 Å². The van der Waals surface area contributed by atoms with Crippen molar-refractivity contribution in [2.75, 3.05) is 7.05 Å². The van der Waals surface area contributed by atoms with Crippen LogP contribution >= 0.6 is 0 Å². The van der Waals surface area contributed by atoms with Crippen molar-refractivity contribution in [3.05, 3.63) is 53.6 Å². The summed E-state index contributed by atoms with van der Waals surface area (Å²) < 4.78 is 37.2. The van der Waals surface area contributed by atoms with E-state index in [4.69, 9.17) is 9.47 Å². The minimum Gasteiger partial charge on any atom is -0.483 e. The minimum atomic E-state index is -4.01. The molecule has 0 unspecified atom stereocenters. The van der Waals surface area contributed by atoms with Crippen LogP contribution in [0, 0.1) is 6.92 Å². The lowest BCUT2D eigenvalue weighted by atomic mass is 10.0. The van der Waals surface area contributed by atoms with E-state index >= 15 is 0 Å². The molecule has 7 heteroatoms. The van der Waals surface area contributed by atoms with Gasteiger partial charge in [0.25, 0.3) is 10.0 Å². The summed E-state index contributed by atoms with van der Waals surface area (Å²) in [4.78, 5) is 12.5. The van der Waals surface area contributed by atoms with Gasteiger partial charge in [0.2, 0.25) is 0 Å². The SMILES string of the molecule is Cc1ccccc1S(=O)(=O)N(C)C(=O)Oc1cccc2c1OC(C)(C)C2.